The molecule has 0 aliphatic carbocycles. The Hall–Kier alpha value is -0.730. The number of benzene rings is 1. The zero-order valence-electron chi connectivity index (χ0n) is 9.21. The summed E-state index contributed by atoms with van der Waals surface area (Å²) in [6.07, 6.45) is 0. The van der Waals surface area contributed by atoms with Gasteiger partial charge in [-0.1, -0.05) is 43.1 Å². The molecule has 2 rings (SSSR count). The number of hydrogen-bond acceptors (Lipinski definition) is 2. The lowest BCUT2D eigenvalue weighted by atomic mass is 10.1. The van der Waals surface area contributed by atoms with E-state index in [1.807, 2.05) is 6.07 Å². The highest BCUT2D eigenvalue weighted by Gasteiger charge is 2.25. The summed E-state index contributed by atoms with van der Waals surface area (Å²) in [5.74, 6) is 1.02. The van der Waals surface area contributed by atoms with Crippen molar-refractivity contribution in [1.29, 1.82) is 0 Å². The Kier molecular flexibility index (Phi) is 3.41. The van der Waals surface area contributed by atoms with E-state index in [4.69, 9.17) is 27.9 Å². The molecule has 0 fully saturated rings. The Morgan fingerprint density at radius 1 is 1.31 bits per heavy atom. The van der Waals surface area contributed by atoms with Crippen LogP contribution in [0.1, 0.15) is 19.4 Å². The molecule has 16 heavy (non-hydrogen) atoms. The van der Waals surface area contributed by atoms with Crippen LogP contribution in [-0.4, -0.2) is 18.5 Å². The van der Waals surface area contributed by atoms with E-state index in [0.29, 0.717) is 34.0 Å². The average molecular weight is 258 g/mol. The van der Waals surface area contributed by atoms with Gasteiger partial charge in [0.25, 0.3) is 0 Å². The van der Waals surface area contributed by atoms with Gasteiger partial charge in [-0.3, -0.25) is 0 Å². The lowest BCUT2D eigenvalue weighted by Gasteiger charge is -2.06. The highest BCUT2D eigenvalue weighted by atomic mass is 35.5. The number of halogens is 2. The van der Waals surface area contributed by atoms with Gasteiger partial charge in [-0.05, 0) is 18.1 Å². The second kappa shape index (κ2) is 4.64. The molecule has 0 saturated heterocycles. The SMILES string of the molecule is CC(C)[C@H]1COC(c2c(Cl)cccc2Cl)=N1. The number of rotatable bonds is 2. The Labute approximate surface area is 105 Å². The van der Waals surface area contributed by atoms with Crippen molar-refractivity contribution < 1.29 is 4.74 Å². The van der Waals surface area contributed by atoms with Crippen molar-refractivity contribution in [3.05, 3.63) is 33.8 Å². The van der Waals surface area contributed by atoms with Crippen LogP contribution in [0.2, 0.25) is 10.0 Å². The summed E-state index contributed by atoms with van der Waals surface area (Å²) in [6, 6.07) is 5.58. The van der Waals surface area contributed by atoms with E-state index >= 15 is 0 Å². The monoisotopic (exact) mass is 257 g/mol. The van der Waals surface area contributed by atoms with Gasteiger partial charge >= 0.3 is 0 Å². The zero-order chi connectivity index (χ0) is 11.7. The second-order valence-electron chi connectivity index (χ2n) is 4.15. The molecule has 1 aromatic rings. The van der Waals surface area contributed by atoms with Gasteiger partial charge in [-0.15, -0.1) is 0 Å². The molecule has 0 spiro atoms. The van der Waals surface area contributed by atoms with Crippen molar-refractivity contribution in [2.45, 2.75) is 19.9 Å². The molecule has 0 radical (unpaired) electrons. The maximum absolute atomic E-state index is 6.09. The van der Waals surface area contributed by atoms with Crippen LogP contribution < -0.4 is 0 Å². The average Bonchev–Trinajstić information content (AvgIpc) is 2.66. The molecule has 86 valence electrons. The van der Waals surface area contributed by atoms with E-state index in [1.54, 1.807) is 12.1 Å². The maximum Gasteiger partial charge on any atom is 0.219 e. The van der Waals surface area contributed by atoms with Crippen LogP contribution >= 0.6 is 23.2 Å². The highest BCUT2D eigenvalue weighted by molar-refractivity contribution is 6.39. The smallest absolute Gasteiger partial charge is 0.219 e. The molecule has 2 nitrogen and oxygen atoms in total. The molecule has 4 heteroatoms. The maximum atomic E-state index is 6.09. The number of hydrogen-bond donors (Lipinski definition) is 0. The van der Waals surface area contributed by atoms with E-state index in [-0.39, 0.29) is 6.04 Å². The Morgan fingerprint density at radius 2 is 1.94 bits per heavy atom. The van der Waals surface area contributed by atoms with Crippen LogP contribution in [0.4, 0.5) is 0 Å². The minimum Gasteiger partial charge on any atom is -0.475 e. The second-order valence-corrected chi connectivity index (χ2v) is 4.97. The minimum absolute atomic E-state index is 0.197. The summed E-state index contributed by atoms with van der Waals surface area (Å²) in [4.78, 5) is 4.50. The van der Waals surface area contributed by atoms with Crippen LogP contribution in [0.15, 0.2) is 23.2 Å². The predicted molar refractivity (Wildman–Crippen MR) is 67.6 cm³/mol. The summed E-state index contributed by atoms with van der Waals surface area (Å²) in [5.41, 5.74) is 0.703. The zero-order valence-corrected chi connectivity index (χ0v) is 10.7. The Bertz CT molecular complexity index is 409. The third-order valence-corrected chi connectivity index (χ3v) is 3.25. The van der Waals surface area contributed by atoms with Gasteiger partial charge in [0.2, 0.25) is 5.90 Å². The first-order chi connectivity index (χ1) is 7.59. The normalized spacial score (nSPS) is 19.8. The first-order valence-corrected chi connectivity index (χ1v) is 6.00. The number of aliphatic imine (C=N–C) groups is 1. The van der Waals surface area contributed by atoms with Crippen LogP contribution in [0, 0.1) is 5.92 Å². The molecule has 0 N–H and O–H groups in total. The third-order valence-electron chi connectivity index (χ3n) is 2.62. The molecule has 1 aliphatic rings. The molecule has 1 atom stereocenters. The van der Waals surface area contributed by atoms with Crippen molar-refractivity contribution in [1.82, 2.24) is 0 Å². The van der Waals surface area contributed by atoms with Crippen molar-refractivity contribution in [3.8, 4) is 0 Å². The van der Waals surface area contributed by atoms with Crippen molar-refractivity contribution in [2.24, 2.45) is 10.9 Å². The number of ether oxygens (including phenoxy) is 1. The molecule has 1 heterocycles. The molecule has 1 aromatic carbocycles. The van der Waals surface area contributed by atoms with Gasteiger partial charge in [0.15, 0.2) is 0 Å². The van der Waals surface area contributed by atoms with Crippen molar-refractivity contribution in [2.75, 3.05) is 6.61 Å². The molecular formula is C12H13Cl2NO. The first kappa shape index (κ1) is 11.7. The van der Waals surface area contributed by atoms with Gasteiger partial charge in [-0.25, -0.2) is 4.99 Å². The lowest BCUT2D eigenvalue weighted by molar-refractivity contribution is 0.292. The standard InChI is InChI=1S/C12H13Cl2NO/c1-7(2)10-6-16-12(15-10)11-8(13)4-3-5-9(11)14/h3-5,7,10H,6H2,1-2H3/t10-/m1/s1. The lowest BCUT2D eigenvalue weighted by Crippen LogP contribution is -2.13. The third kappa shape index (κ3) is 2.18. The summed E-state index contributed by atoms with van der Waals surface area (Å²) >= 11 is 12.2. The summed E-state index contributed by atoms with van der Waals surface area (Å²) in [7, 11) is 0. The van der Waals surface area contributed by atoms with E-state index in [9.17, 15) is 0 Å². The molecule has 0 bridgehead atoms. The van der Waals surface area contributed by atoms with Gasteiger partial charge in [0, 0.05) is 0 Å². The largest absolute Gasteiger partial charge is 0.475 e. The molecular weight excluding hydrogens is 245 g/mol. The topological polar surface area (TPSA) is 21.6 Å². The number of nitrogens with zero attached hydrogens (tertiary/aromatic N) is 1. The van der Waals surface area contributed by atoms with Gasteiger partial charge in [-0.2, -0.15) is 0 Å². The van der Waals surface area contributed by atoms with Gasteiger partial charge < -0.3 is 4.74 Å². The van der Waals surface area contributed by atoms with Crippen molar-refractivity contribution in [3.63, 3.8) is 0 Å². The molecule has 0 aromatic heterocycles. The predicted octanol–water partition coefficient (Wildman–Crippen LogP) is 3.79. The molecule has 0 amide bonds. The van der Waals surface area contributed by atoms with Crippen LogP contribution in [0.5, 0.6) is 0 Å². The fraction of sp³-hybridized carbons (Fsp3) is 0.417. The van der Waals surface area contributed by atoms with Crippen LogP contribution in [0.3, 0.4) is 0 Å². The first-order valence-electron chi connectivity index (χ1n) is 5.24. The minimum atomic E-state index is 0.197. The Balaban J connectivity index is 2.36. The van der Waals surface area contributed by atoms with Crippen LogP contribution in [-0.2, 0) is 4.74 Å². The fourth-order valence-electron chi connectivity index (χ4n) is 1.57. The summed E-state index contributed by atoms with van der Waals surface area (Å²) in [6.45, 7) is 4.85. The van der Waals surface area contributed by atoms with Crippen molar-refractivity contribution >= 4 is 29.1 Å². The van der Waals surface area contributed by atoms with Gasteiger partial charge in [0.05, 0.1) is 21.7 Å². The summed E-state index contributed by atoms with van der Waals surface area (Å²) < 4.78 is 5.56. The molecule has 1 aliphatic heterocycles. The quantitative estimate of drug-likeness (QED) is 0.790. The van der Waals surface area contributed by atoms with Gasteiger partial charge in [0.1, 0.15) is 6.61 Å². The van der Waals surface area contributed by atoms with E-state index in [0.717, 1.165) is 0 Å². The van der Waals surface area contributed by atoms with E-state index < -0.39 is 0 Å². The summed E-state index contributed by atoms with van der Waals surface area (Å²) in [5, 5.41) is 1.16. The van der Waals surface area contributed by atoms with E-state index in [2.05, 4.69) is 18.8 Å². The molecule has 0 saturated carbocycles. The van der Waals surface area contributed by atoms with Crippen LogP contribution in [0.25, 0.3) is 0 Å². The molecule has 0 unspecified atom stereocenters. The fourth-order valence-corrected chi connectivity index (χ4v) is 2.13. The van der Waals surface area contributed by atoms with E-state index in [1.165, 1.54) is 0 Å². The highest BCUT2D eigenvalue weighted by Crippen LogP contribution is 2.28. The Morgan fingerprint density at radius 3 is 2.44 bits per heavy atom.